The Bertz CT molecular complexity index is 862. The van der Waals surface area contributed by atoms with Crippen molar-refractivity contribution < 1.29 is 9.21 Å². The number of oxazole rings is 1. The highest BCUT2D eigenvalue weighted by Gasteiger charge is 2.24. The van der Waals surface area contributed by atoms with Crippen LogP contribution < -0.4 is 5.32 Å². The summed E-state index contributed by atoms with van der Waals surface area (Å²) in [5.74, 6) is 0.309. The summed E-state index contributed by atoms with van der Waals surface area (Å²) in [6.07, 6.45) is 5.56. The van der Waals surface area contributed by atoms with Gasteiger partial charge in [0.25, 0.3) is 0 Å². The summed E-state index contributed by atoms with van der Waals surface area (Å²) in [6.45, 7) is 2.80. The van der Waals surface area contributed by atoms with Gasteiger partial charge in [0.2, 0.25) is 11.8 Å². The van der Waals surface area contributed by atoms with E-state index in [4.69, 9.17) is 4.42 Å². The quantitative estimate of drug-likeness (QED) is 0.672. The molecule has 5 nitrogen and oxygen atoms in total. The molecule has 1 aliphatic heterocycles. The number of para-hydroxylation sites is 2. The van der Waals surface area contributed by atoms with Gasteiger partial charge in [-0.25, -0.2) is 4.98 Å². The monoisotopic (exact) mass is 367 g/mol. The number of carbonyl (C=O) groups excluding carboxylic acids is 1. The maximum atomic E-state index is 12.2. The van der Waals surface area contributed by atoms with E-state index in [1.165, 1.54) is 23.8 Å². The van der Waals surface area contributed by atoms with Crippen LogP contribution in [0.15, 0.2) is 52.3 Å². The van der Waals surface area contributed by atoms with Gasteiger partial charge in [-0.15, -0.1) is 11.3 Å². The molecule has 1 unspecified atom stereocenters. The van der Waals surface area contributed by atoms with E-state index < -0.39 is 0 Å². The van der Waals surface area contributed by atoms with E-state index in [1.54, 1.807) is 17.4 Å². The zero-order valence-electron chi connectivity index (χ0n) is 14.4. The molecule has 3 heterocycles. The van der Waals surface area contributed by atoms with Crippen LogP contribution in [0.3, 0.4) is 0 Å². The van der Waals surface area contributed by atoms with Gasteiger partial charge in [-0.2, -0.15) is 0 Å². The number of rotatable bonds is 6. The Morgan fingerprint density at radius 3 is 2.88 bits per heavy atom. The third-order valence-corrected chi connectivity index (χ3v) is 5.58. The van der Waals surface area contributed by atoms with Crippen molar-refractivity contribution in [2.75, 3.05) is 19.6 Å². The standard InChI is InChI=1S/C20H21N3O2S/c24-19(9-10-20-22-15-6-1-2-7-17(15)25-20)21-14-16(18-8-5-13-26-18)23-11-3-4-12-23/h1-2,5-10,13,16H,3-4,11-12,14H2,(H,21,24)/b10-9+. The second-order valence-electron chi connectivity index (χ2n) is 6.37. The number of fused-ring (bicyclic) bond motifs is 1. The van der Waals surface area contributed by atoms with Crippen molar-refractivity contribution in [3.63, 3.8) is 0 Å². The molecule has 0 bridgehead atoms. The first kappa shape index (κ1) is 17.0. The number of thiophene rings is 1. The van der Waals surface area contributed by atoms with E-state index in [0.29, 0.717) is 12.4 Å². The molecule has 0 saturated carbocycles. The zero-order chi connectivity index (χ0) is 17.8. The van der Waals surface area contributed by atoms with Crippen LogP contribution in [0, 0.1) is 0 Å². The van der Waals surface area contributed by atoms with Gasteiger partial charge in [0.15, 0.2) is 5.58 Å². The third kappa shape index (κ3) is 3.86. The fourth-order valence-corrected chi connectivity index (χ4v) is 4.17. The van der Waals surface area contributed by atoms with Crippen molar-refractivity contribution in [3.8, 4) is 0 Å². The van der Waals surface area contributed by atoms with Crippen LogP contribution in [-0.2, 0) is 4.79 Å². The summed E-state index contributed by atoms with van der Waals surface area (Å²) >= 11 is 1.75. The maximum Gasteiger partial charge on any atom is 0.244 e. The van der Waals surface area contributed by atoms with Crippen LogP contribution >= 0.6 is 11.3 Å². The predicted octanol–water partition coefficient (Wildman–Crippen LogP) is 3.86. The fraction of sp³-hybridized carbons (Fsp3) is 0.300. The van der Waals surface area contributed by atoms with Gasteiger partial charge in [0.1, 0.15) is 5.52 Å². The van der Waals surface area contributed by atoms with Crippen LogP contribution in [0.1, 0.15) is 29.7 Å². The van der Waals surface area contributed by atoms with Crippen LogP contribution in [0.2, 0.25) is 0 Å². The van der Waals surface area contributed by atoms with Gasteiger partial charge in [-0.1, -0.05) is 18.2 Å². The second-order valence-corrected chi connectivity index (χ2v) is 7.35. The zero-order valence-corrected chi connectivity index (χ0v) is 15.2. The summed E-state index contributed by atoms with van der Waals surface area (Å²) in [5.41, 5.74) is 1.51. The molecule has 1 atom stereocenters. The van der Waals surface area contributed by atoms with E-state index in [-0.39, 0.29) is 11.9 Å². The molecule has 1 aromatic carbocycles. The molecule has 1 fully saturated rings. The molecule has 1 aliphatic rings. The van der Waals surface area contributed by atoms with Gasteiger partial charge < -0.3 is 9.73 Å². The number of nitrogens with one attached hydrogen (secondary N) is 1. The average molecular weight is 367 g/mol. The van der Waals surface area contributed by atoms with Crippen molar-refractivity contribution >= 4 is 34.4 Å². The lowest BCUT2D eigenvalue weighted by atomic mass is 10.2. The lowest BCUT2D eigenvalue weighted by Gasteiger charge is -2.26. The topological polar surface area (TPSA) is 58.4 Å². The van der Waals surface area contributed by atoms with E-state index in [0.717, 1.165) is 24.2 Å². The minimum atomic E-state index is -0.131. The van der Waals surface area contributed by atoms with Crippen LogP contribution in [0.25, 0.3) is 17.2 Å². The number of benzene rings is 1. The molecular formula is C20H21N3O2S. The SMILES string of the molecule is O=C(/C=C/c1nc2ccccc2o1)NCC(c1cccs1)N1CCCC1. The Balaban J connectivity index is 1.38. The highest BCUT2D eigenvalue weighted by atomic mass is 32.1. The Labute approximate surface area is 156 Å². The lowest BCUT2D eigenvalue weighted by Crippen LogP contribution is -2.35. The third-order valence-electron chi connectivity index (χ3n) is 4.61. The number of aromatic nitrogens is 1. The summed E-state index contributed by atoms with van der Waals surface area (Å²) in [5, 5.41) is 5.11. The van der Waals surface area contributed by atoms with Crippen LogP contribution in [0.5, 0.6) is 0 Å². The van der Waals surface area contributed by atoms with Crippen molar-refractivity contribution in [3.05, 3.63) is 58.6 Å². The van der Waals surface area contributed by atoms with Crippen molar-refractivity contribution in [1.29, 1.82) is 0 Å². The Morgan fingerprint density at radius 1 is 1.27 bits per heavy atom. The fourth-order valence-electron chi connectivity index (χ4n) is 3.31. The van der Waals surface area contributed by atoms with E-state index in [9.17, 15) is 4.79 Å². The highest BCUT2D eigenvalue weighted by Crippen LogP contribution is 2.27. The summed E-state index contributed by atoms with van der Waals surface area (Å²) in [4.78, 5) is 20.3. The first-order valence-electron chi connectivity index (χ1n) is 8.88. The van der Waals surface area contributed by atoms with E-state index in [1.807, 2.05) is 24.3 Å². The normalized spacial score (nSPS) is 16.5. The number of nitrogens with zero attached hydrogens (tertiary/aromatic N) is 2. The minimum absolute atomic E-state index is 0.131. The smallest absolute Gasteiger partial charge is 0.244 e. The first-order valence-corrected chi connectivity index (χ1v) is 9.76. The number of amides is 1. The van der Waals surface area contributed by atoms with E-state index in [2.05, 4.69) is 32.7 Å². The summed E-state index contributed by atoms with van der Waals surface area (Å²) in [6, 6.07) is 12.0. The molecule has 6 heteroatoms. The molecule has 0 spiro atoms. The Morgan fingerprint density at radius 2 is 2.12 bits per heavy atom. The number of carbonyl (C=O) groups is 1. The summed E-state index contributed by atoms with van der Waals surface area (Å²) in [7, 11) is 0. The van der Waals surface area contributed by atoms with Crippen molar-refractivity contribution in [2.45, 2.75) is 18.9 Å². The molecule has 4 rings (SSSR count). The van der Waals surface area contributed by atoms with Gasteiger partial charge in [0, 0.05) is 23.6 Å². The number of likely N-dealkylation sites (tertiary alicyclic amines) is 1. The van der Waals surface area contributed by atoms with Gasteiger partial charge in [-0.3, -0.25) is 9.69 Å². The largest absolute Gasteiger partial charge is 0.437 e. The van der Waals surface area contributed by atoms with E-state index >= 15 is 0 Å². The molecule has 26 heavy (non-hydrogen) atoms. The summed E-state index contributed by atoms with van der Waals surface area (Å²) < 4.78 is 5.60. The molecule has 0 radical (unpaired) electrons. The second kappa shape index (κ2) is 7.85. The molecule has 3 aromatic rings. The Hall–Kier alpha value is -2.44. The molecular weight excluding hydrogens is 346 g/mol. The lowest BCUT2D eigenvalue weighted by molar-refractivity contribution is -0.116. The average Bonchev–Trinajstić information content (AvgIpc) is 3.40. The van der Waals surface area contributed by atoms with Gasteiger partial charge >= 0.3 is 0 Å². The molecule has 134 valence electrons. The maximum absolute atomic E-state index is 12.2. The first-order chi connectivity index (χ1) is 12.8. The van der Waals surface area contributed by atoms with Gasteiger partial charge in [0.05, 0.1) is 6.04 Å². The predicted molar refractivity (Wildman–Crippen MR) is 104 cm³/mol. The van der Waals surface area contributed by atoms with Crippen molar-refractivity contribution in [1.82, 2.24) is 15.2 Å². The highest BCUT2D eigenvalue weighted by molar-refractivity contribution is 7.10. The number of hydrogen-bond acceptors (Lipinski definition) is 5. The van der Waals surface area contributed by atoms with Crippen molar-refractivity contribution in [2.24, 2.45) is 0 Å². The molecule has 1 saturated heterocycles. The van der Waals surface area contributed by atoms with Crippen LogP contribution in [0.4, 0.5) is 0 Å². The molecule has 1 N–H and O–H groups in total. The molecule has 1 amide bonds. The Kier molecular flexibility index (Phi) is 5.13. The molecule has 0 aliphatic carbocycles. The number of hydrogen-bond donors (Lipinski definition) is 1. The molecule has 2 aromatic heterocycles. The van der Waals surface area contributed by atoms with Gasteiger partial charge in [-0.05, 0) is 49.5 Å². The minimum Gasteiger partial charge on any atom is -0.437 e. The van der Waals surface area contributed by atoms with Crippen LogP contribution in [-0.4, -0.2) is 35.4 Å².